The third kappa shape index (κ3) is 2.93. The fraction of sp³-hybridized carbons (Fsp3) is 0.400. The number of ether oxygens (including phenoxy) is 2. The van der Waals surface area contributed by atoms with Crippen LogP contribution in [0.15, 0.2) is 24.3 Å². The number of alkyl halides is 1. The lowest BCUT2D eigenvalue weighted by Gasteiger charge is -2.08. The molecule has 2 nitrogen and oxygen atoms in total. The second-order valence-corrected chi connectivity index (χ2v) is 2.54. The molecule has 0 N–H and O–H groups in total. The zero-order valence-corrected chi connectivity index (χ0v) is 7.63. The van der Waals surface area contributed by atoms with E-state index in [0.717, 1.165) is 0 Å². The molecule has 13 heavy (non-hydrogen) atoms. The predicted molar refractivity (Wildman–Crippen MR) is 49.1 cm³/mol. The number of rotatable bonds is 5. The van der Waals surface area contributed by atoms with Gasteiger partial charge >= 0.3 is 0 Å². The highest BCUT2D eigenvalue weighted by Gasteiger charge is 2.00. The Balaban J connectivity index is 2.54. The molecule has 0 aliphatic rings. The van der Waals surface area contributed by atoms with Crippen LogP contribution in [0.2, 0.25) is 0 Å². The molecule has 0 saturated heterocycles. The minimum atomic E-state index is -0.352. The van der Waals surface area contributed by atoms with Crippen molar-refractivity contribution in [1.29, 1.82) is 0 Å². The van der Waals surface area contributed by atoms with Crippen LogP contribution in [-0.2, 0) is 0 Å². The van der Waals surface area contributed by atoms with Gasteiger partial charge in [-0.2, -0.15) is 0 Å². The van der Waals surface area contributed by atoms with Crippen LogP contribution >= 0.6 is 0 Å². The van der Waals surface area contributed by atoms with Gasteiger partial charge in [0.05, 0.1) is 20.4 Å². The zero-order chi connectivity index (χ0) is 9.52. The summed E-state index contributed by atoms with van der Waals surface area (Å²) in [7, 11) is 1.58. The first-order valence-electron chi connectivity index (χ1n) is 4.20. The number of halogens is 1. The Bertz CT molecular complexity index is 250. The molecular formula is C10H13FO2. The number of para-hydroxylation sites is 2. The van der Waals surface area contributed by atoms with Crippen LogP contribution in [0.1, 0.15) is 6.42 Å². The molecule has 0 unspecified atom stereocenters. The third-order valence-corrected chi connectivity index (χ3v) is 1.60. The summed E-state index contributed by atoms with van der Waals surface area (Å²) >= 11 is 0. The summed E-state index contributed by atoms with van der Waals surface area (Å²) in [6, 6.07) is 7.33. The van der Waals surface area contributed by atoms with Gasteiger partial charge in [0.25, 0.3) is 0 Å². The molecule has 0 heterocycles. The molecular weight excluding hydrogens is 171 g/mol. The molecule has 0 atom stereocenters. The SMILES string of the molecule is COc1ccccc1OCCCF. The van der Waals surface area contributed by atoms with Crippen molar-refractivity contribution >= 4 is 0 Å². The van der Waals surface area contributed by atoms with Gasteiger partial charge in [-0.25, -0.2) is 0 Å². The van der Waals surface area contributed by atoms with Crippen molar-refractivity contribution in [2.75, 3.05) is 20.4 Å². The number of hydrogen-bond donors (Lipinski definition) is 0. The summed E-state index contributed by atoms with van der Waals surface area (Å²) in [5, 5.41) is 0. The summed E-state index contributed by atoms with van der Waals surface area (Å²) in [6.07, 6.45) is 0.415. The van der Waals surface area contributed by atoms with Crippen LogP contribution < -0.4 is 9.47 Å². The van der Waals surface area contributed by atoms with Gasteiger partial charge in [0.15, 0.2) is 11.5 Å². The second-order valence-electron chi connectivity index (χ2n) is 2.54. The molecule has 3 heteroatoms. The fourth-order valence-corrected chi connectivity index (χ4v) is 0.975. The summed E-state index contributed by atoms with van der Waals surface area (Å²) in [4.78, 5) is 0. The van der Waals surface area contributed by atoms with Gasteiger partial charge in [-0.3, -0.25) is 4.39 Å². The van der Waals surface area contributed by atoms with Gasteiger partial charge in [-0.1, -0.05) is 12.1 Å². The van der Waals surface area contributed by atoms with E-state index >= 15 is 0 Å². The van der Waals surface area contributed by atoms with Crippen LogP contribution in [-0.4, -0.2) is 20.4 Å². The lowest BCUT2D eigenvalue weighted by atomic mass is 10.3. The van der Waals surface area contributed by atoms with Gasteiger partial charge < -0.3 is 9.47 Å². The average molecular weight is 184 g/mol. The van der Waals surface area contributed by atoms with E-state index in [9.17, 15) is 4.39 Å². The number of methoxy groups -OCH3 is 1. The lowest BCUT2D eigenvalue weighted by molar-refractivity contribution is 0.274. The van der Waals surface area contributed by atoms with Crippen LogP contribution in [0.5, 0.6) is 11.5 Å². The highest BCUT2D eigenvalue weighted by Crippen LogP contribution is 2.25. The van der Waals surface area contributed by atoms with Crippen molar-refractivity contribution in [1.82, 2.24) is 0 Å². The van der Waals surface area contributed by atoms with Crippen molar-refractivity contribution in [3.05, 3.63) is 24.3 Å². The molecule has 0 aliphatic carbocycles. The first-order valence-corrected chi connectivity index (χ1v) is 4.20. The molecule has 1 aromatic carbocycles. The van der Waals surface area contributed by atoms with Gasteiger partial charge in [-0.15, -0.1) is 0 Å². The van der Waals surface area contributed by atoms with Gasteiger partial charge in [0.2, 0.25) is 0 Å². The van der Waals surface area contributed by atoms with Crippen LogP contribution in [0.25, 0.3) is 0 Å². The standard InChI is InChI=1S/C10H13FO2/c1-12-9-5-2-3-6-10(9)13-8-4-7-11/h2-3,5-6H,4,7-8H2,1H3. The molecule has 0 spiro atoms. The van der Waals surface area contributed by atoms with Crippen LogP contribution in [0.3, 0.4) is 0 Å². The number of hydrogen-bond acceptors (Lipinski definition) is 2. The lowest BCUT2D eigenvalue weighted by Crippen LogP contribution is -1.99. The van der Waals surface area contributed by atoms with E-state index in [1.807, 2.05) is 18.2 Å². The minimum Gasteiger partial charge on any atom is -0.493 e. The van der Waals surface area contributed by atoms with Crippen molar-refractivity contribution in [3.63, 3.8) is 0 Å². The van der Waals surface area contributed by atoms with E-state index < -0.39 is 0 Å². The Kier molecular flexibility index (Phi) is 4.09. The molecule has 0 fully saturated rings. The molecule has 1 aromatic rings. The maximum absolute atomic E-state index is 11.8. The maximum Gasteiger partial charge on any atom is 0.161 e. The summed E-state index contributed by atoms with van der Waals surface area (Å²) < 4.78 is 22.1. The Morgan fingerprint density at radius 2 is 1.92 bits per heavy atom. The normalized spacial score (nSPS) is 9.69. The molecule has 0 aromatic heterocycles. The average Bonchev–Trinajstić information content (AvgIpc) is 2.19. The smallest absolute Gasteiger partial charge is 0.161 e. The summed E-state index contributed by atoms with van der Waals surface area (Å²) in [5.41, 5.74) is 0. The highest BCUT2D eigenvalue weighted by molar-refractivity contribution is 5.39. The van der Waals surface area contributed by atoms with E-state index in [1.54, 1.807) is 13.2 Å². The Labute approximate surface area is 77.3 Å². The Morgan fingerprint density at radius 1 is 1.23 bits per heavy atom. The fourth-order valence-electron chi connectivity index (χ4n) is 0.975. The van der Waals surface area contributed by atoms with Crippen molar-refractivity contribution in [2.45, 2.75) is 6.42 Å². The van der Waals surface area contributed by atoms with Gasteiger partial charge in [0, 0.05) is 6.42 Å². The Hall–Kier alpha value is -1.25. The van der Waals surface area contributed by atoms with Crippen molar-refractivity contribution in [2.24, 2.45) is 0 Å². The van der Waals surface area contributed by atoms with E-state index in [2.05, 4.69) is 0 Å². The summed E-state index contributed by atoms with van der Waals surface area (Å²) in [6.45, 7) is 0.0338. The van der Waals surface area contributed by atoms with E-state index in [1.165, 1.54) is 0 Å². The molecule has 1 rings (SSSR count). The molecule has 0 amide bonds. The quantitative estimate of drug-likeness (QED) is 0.654. The summed E-state index contributed by atoms with van der Waals surface area (Å²) in [5.74, 6) is 1.35. The third-order valence-electron chi connectivity index (χ3n) is 1.60. The monoisotopic (exact) mass is 184 g/mol. The molecule has 0 saturated carbocycles. The molecule has 0 aliphatic heterocycles. The first-order chi connectivity index (χ1) is 6.38. The van der Waals surface area contributed by atoms with E-state index in [0.29, 0.717) is 24.5 Å². The predicted octanol–water partition coefficient (Wildman–Crippen LogP) is 2.43. The Morgan fingerprint density at radius 3 is 2.54 bits per heavy atom. The minimum absolute atomic E-state index is 0.352. The molecule has 0 radical (unpaired) electrons. The highest BCUT2D eigenvalue weighted by atomic mass is 19.1. The van der Waals surface area contributed by atoms with Crippen molar-refractivity contribution < 1.29 is 13.9 Å². The van der Waals surface area contributed by atoms with Gasteiger partial charge in [0.1, 0.15) is 0 Å². The zero-order valence-electron chi connectivity index (χ0n) is 7.63. The van der Waals surface area contributed by atoms with E-state index in [4.69, 9.17) is 9.47 Å². The second kappa shape index (κ2) is 5.41. The van der Waals surface area contributed by atoms with Crippen LogP contribution in [0.4, 0.5) is 4.39 Å². The van der Waals surface area contributed by atoms with Crippen molar-refractivity contribution in [3.8, 4) is 11.5 Å². The van der Waals surface area contributed by atoms with Gasteiger partial charge in [-0.05, 0) is 12.1 Å². The van der Waals surface area contributed by atoms with E-state index in [-0.39, 0.29) is 6.67 Å². The van der Waals surface area contributed by atoms with Crippen LogP contribution in [0, 0.1) is 0 Å². The number of benzene rings is 1. The molecule has 72 valence electrons. The first kappa shape index (κ1) is 9.84. The topological polar surface area (TPSA) is 18.5 Å². The largest absolute Gasteiger partial charge is 0.493 e. The maximum atomic E-state index is 11.8. The molecule has 0 bridgehead atoms.